The van der Waals surface area contributed by atoms with Crippen molar-refractivity contribution in [2.45, 2.75) is 58.2 Å². The van der Waals surface area contributed by atoms with Crippen LogP contribution in [0, 0.1) is 11.3 Å². The van der Waals surface area contributed by atoms with Crippen molar-refractivity contribution < 1.29 is 32.6 Å². The SMILES string of the molecule is CCC(C)(C)[C@H](NC(=O)C1=C(OCc2ccc(C(F)(F)F)cc2)C2C=C(C)SC2C=C1)C(=O)O. The molecule has 2 unspecified atom stereocenters. The number of carboxylic acids is 1. The first kappa shape index (κ1) is 25.9. The Labute approximate surface area is 201 Å². The second-order valence-electron chi connectivity index (χ2n) is 9.09. The molecule has 1 heterocycles. The third-order valence-corrected chi connectivity index (χ3v) is 7.48. The molecule has 1 amide bonds. The van der Waals surface area contributed by atoms with Gasteiger partial charge in [0.2, 0.25) is 0 Å². The molecule has 0 spiro atoms. The lowest BCUT2D eigenvalue weighted by Gasteiger charge is -2.32. The summed E-state index contributed by atoms with van der Waals surface area (Å²) in [6, 6.07) is 3.56. The van der Waals surface area contributed by atoms with Gasteiger partial charge in [0.1, 0.15) is 18.4 Å². The molecule has 1 aromatic rings. The number of fused-ring (bicyclic) bond motifs is 1. The monoisotopic (exact) mass is 495 g/mol. The van der Waals surface area contributed by atoms with Gasteiger partial charge in [0.15, 0.2) is 0 Å². The average molecular weight is 496 g/mol. The van der Waals surface area contributed by atoms with E-state index >= 15 is 0 Å². The van der Waals surface area contributed by atoms with Crippen molar-refractivity contribution in [3.63, 3.8) is 0 Å². The number of hydrogen-bond acceptors (Lipinski definition) is 4. The Hall–Kier alpha value is -2.68. The fourth-order valence-electron chi connectivity index (χ4n) is 3.83. The van der Waals surface area contributed by atoms with Gasteiger partial charge in [-0.15, -0.1) is 11.8 Å². The lowest BCUT2D eigenvalue weighted by atomic mass is 9.81. The van der Waals surface area contributed by atoms with Crippen molar-refractivity contribution in [1.82, 2.24) is 5.32 Å². The molecule has 184 valence electrons. The molecule has 1 aromatic carbocycles. The highest BCUT2D eigenvalue weighted by atomic mass is 32.2. The third-order valence-electron chi connectivity index (χ3n) is 6.25. The molecule has 3 atom stereocenters. The lowest BCUT2D eigenvalue weighted by Crippen LogP contribution is -2.50. The van der Waals surface area contributed by atoms with Crippen LogP contribution in [-0.4, -0.2) is 28.3 Å². The van der Waals surface area contributed by atoms with Crippen LogP contribution in [0.4, 0.5) is 13.2 Å². The predicted octanol–water partition coefficient (Wildman–Crippen LogP) is 5.69. The molecule has 2 aliphatic rings. The fourth-order valence-corrected chi connectivity index (χ4v) is 4.99. The van der Waals surface area contributed by atoms with E-state index in [-0.39, 0.29) is 23.3 Å². The standard InChI is InChI=1S/C25H28F3NO4S/c1-5-24(3,4)21(23(31)32)29-22(30)17-10-11-19-18(12-14(2)34-19)20(17)33-13-15-6-8-16(9-7-15)25(26,27)28/h6-12,18-19,21H,5,13H2,1-4H3,(H,29,30)(H,31,32)/t18?,19?,21-/m1/s1. The number of rotatable bonds is 8. The van der Waals surface area contributed by atoms with E-state index in [1.165, 1.54) is 12.1 Å². The van der Waals surface area contributed by atoms with Crippen molar-refractivity contribution in [2.24, 2.45) is 11.3 Å². The van der Waals surface area contributed by atoms with Crippen LogP contribution >= 0.6 is 11.8 Å². The van der Waals surface area contributed by atoms with E-state index in [2.05, 4.69) is 5.32 Å². The van der Waals surface area contributed by atoms with Crippen LogP contribution in [-0.2, 0) is 27.1 Å². The maximum absolute atomic E-state index is 13.2. The molecule has 34 heavy (non-hydrogen) atoms. The Balaban J connectivity index is 1.88. The van der Waals surface area contributed by atoms with Gasteiger partial charge >= 0.3 is 12.1 Å². The predicted molar refractivity (Wildman–Crippen MR) is 125 cm³/mol. The molecule has 0 bridgehead atoms. The van der Waals surface area contributed by atoms with Crippen molar-refractivity contribution in [1.29, 1.82) is 0 Å². The van der Waals surface area contributed by atoms with Gasteiger partial charge in [0.05, 0.1) is 17.1 Å². The molecule has 3 rings (SSSR count). The first-order valence-corrected chi connectivity index (χ1v) is 11.8. The summed E-state index contributed by atoms with van der Waals surface area (Å²) in [5, 5.41) is 12.4. The number of allylic oxidation sites excluding steroid dienone is 2. The largest absolute Gasteiger partial charge is 0.492 e. The topological polar surface area (TPSA) is 75.6 Å². The van der Waals surface area contributed by atoms with Gasteiger partial charge in [-0.1, -0.05) is 45.1 Å². The number of ether oxygens (including phenoxy) is 1. The minimum absolute atomic E-state index is 0.0261. The Bertz CT molecular complexity index is 1040. The van der Waals surface area contributed by atoms with Gasteiger partial charge in [0.25, 0.3) is 5.91 Å². The first-order valence-electron chi connectivity index (χ1n) is 10.9. The van der Waals surface area contributed by atoms with Gasteiger partial charge < -0.3 is 15.2 Å². The first-order chi connectivity index (χ1) is 15.8. The van der Waals surface area contributed by atoms with Crippen LogP contribution in [0.1, 0.15) is 45.2 Å². The van der Waals surface area contributed by atoms with E-state index in [0.717, 1.165) is 17.0 Å². The number of nitrogens with one attached hydrogen (secondary N) is 1. The van der Waals surface area contributed by atoms with Gasteiger partial charge in [-0.2, -0.15) is 13.2 Å². The van der Waals surface area contributed by atoms with Crippen LogP contribution in [0.15, 0.2) is 58.7 Å². The number of halogens is 3. The number of amides is 1. The third kappa shape index (κ3) is 5.68. The summed E-state index contributed by atoms with van der Waals surface area (Å²) in [7, 11) is 0. The van der Waals surface area contributed by atoms with Crippen LogP contribution in [0.3, 0.4) is 0 Å². The van der Waals surface area contributed by atoms with Crippen LogP contribution in [0.2, 0.25) is 0 Å². The number of aliphatic carboxylic acids is 1. The number of carbonyl (C=O) groups is 2. The molecular formula is C25H28F3NO4S. The summed E-state index contributed by atoms with van der Waals surface area (Å²) in [5.74, 6) is -1.53. The highest BCUT2D eigenvalue weighted by Crippen LogP contribution is 2.44. The van der Waals surface area contributed by atoms with E-state index in [9.17, 15) is 27.9 Å². The molecule has 0 aromatic heterocycles. The zero-order valence-electron chi connectivity index (χ0n) is 19.4. The highest BCUT2D eigenvalue weighted by Gasteiger charge is 2.39. The van der Waals surface area contributed by atoms with E-state index < -0.39 is 35.1 Å². The Kier molecular flexibility index (Phi) is 7.55. The number of hydrogen-bond donors (Lipinski definition) is 2. The molecular weight excluding hydrogens is 467 g/mol. The van der Waals surface area contributed by atoms with Crippen molar-refractivity contribution in [3.05, 3.63) is 69.9 Å². The summed E-state index contributed by atoms with van der Waals surface area (Å²) in [4.78, 5) is 26.1. The normalized spacial score (nSPS) is 21.1. The summed E-state index contributed by atoms with van der Waals surface area (Å²) >= 11 is 1.63. The smallest absolute Gasteiger partial charge is 0.416 e. The molecule has 9 heteroatoms. The highest BCUT2D eigenvalue weighted by molar-refractivity contribution is 8.04. The maximum Gasteiger partial charge on any atom is 0.416 e. The van der Waals surface area contributed by atoms with E-state index in [0.29, 0.717) is 17.7 Å². The van der Waals surface area contributed by atoms with Crippen LogP contribution in [0.5, 0.6) is 0 Å². The second-order valence-corrected chi connectivity index (χ2v) is 10.5. The summed E-state index contributed by atoms with van der Waals surface area (Å²) in [5.41, 5.74) is -0.685. The zero-order chi connectivity index (χ0) is 25.3. The molecule has 0 fully saturated rings. The number of alkyl halides is 3. The number of benzene rings is 1. The average Bonchev–Trinajstić information content (AvgIpc) is 3.15. The molecule has 2 N–H and O–H groups in total. The minimum atomic E-state index is -4.43. The Morgan fingerprint density at radius 1 is 1.21 bits per heavy atom. The number of thioether (sulfide) groups is 1. The van der Waals surface area contributed by atoms with Gasteiger partial charge in [-0.05, 0) is 47.4 Å². The molecule has 1 aliphatic carbocycles. The van der Waals surface area contributed by atoms with Gasteiger partial charge in [-0.3, -0.25) is 4.79 Å². The fraction of sp³-hybridized carbons (Fsp3) is 0.440. The second kappa shape index (κ2) is 9.90. The number of carboxylic acid groups (broad SMARTS) is 1. The van der Waals surface area contributed by atoms with Crippen LogP contribution < -0.4 is 5.32 Å². The molecule has 1 aliphatic heterocycles. The van der Waals surface area contributed by atoms with Crippen molar-refractivity contribution >= 4 is 23.6 Å². The lowest BCUT2D eigenvalue weighted by molar-refractivity contribution is -0.144. The van der Waals surface area contributed by atoms with E-state index in [1.54, 1.807) is 31.7 Å². The molecule has 0 saturated heterocycles. The Morgan fingerprint density at radius 2 is 1.85 bits per heavy atom. The van der Waals surface area contributed by atoms with E-state index in [4.69, 9.17) is 4.74 Å². The number of carbonyl (C=O) groups excluding carboxylic acids is 1. The van der Waals surface area contributed by atoms with Crippen molar-refractivity contribution in [2.75, 3.05) is 0 Å². The Morgan fingerprint density at radius 3 is 2.41 bits per heavy atom. The summed E-state index contributed by atoms with van der Waals surface area (Å²) in [6.45, 7) is 7.33. The quantitative estimate of drug-likeness (QED) is 0.485. The molecule has 0 saturated carbocycles. The zero-order valence-corrected chi connectivity index (χ0v) is 20.2. The summed E-state index contributed by atoms with van der Waals surface area (Å²) in [6.07, 6.45) is 1.63. The molecule has 5 nitrogen and oxygen atoms in total. The van der Waals surface area contributed by atoms with E-state index in [1.807, 2.05) is 26.0 Å². The van der Waals surface area contributed by atoms with Crippen LogP contribution in [0.25, 0.3) is 0 Å². The minimum Gasteiger partial charge on any atom is -0.492 e. The van der Waals surface area contributed by atoms with Crippen molar-refractivity contribution in [3.8, 4) is 0 Å². The van der Waals surface area contributed by atoms with Gasteiger partial charge in [0, 0.05) is 5.25 Å². The maximum atomic E-state index is 13.2. The summed E-state index contributed by atoms with van der Waals surface area (Å²) < 4.78 is 44.6. The van der Waals surface area contributed by atoms with Gasteiger partial charge in [-0.25, -0.2) is 4.79 Å². The molecule has 0 radical (unpaired) electrons.